The molecule has 8 bridgehead atoms. The number of hydrogen-bond acceptors (Lipinski definition) is 10. The van der Waals surface area contributed by atoms with Gasteiger partial charge in [0.25, 0.3) is 0 Å². The van der Waals surface area contributed by atoms with Crippen LogP contribution in [-0.4, -0.2) is 105 Å². The van der Waals surface area contributed by atoms with Gasteiger partial charge < -0.3 is 28.9 Å². The average molecular weight is 983 g/mol. The van der Waals surface area contributed by atoms with E-state index in [9.17, 15) is 19.2 Å². The highest BCUT2D eigenvalue weighted by atomic mass is 28.3. The van der Waals surface area contributed by atoms with Gasteiger partial charge in [-0.15, -0.1) is 22.2 Å². The minimum absolute atomic E-state index is 0.126. The van der Waals surface area contributed by atoms with Crippen LogP contribution >= 0.6 is 0 Å². The van der Waals surface area contributed by atoms with Crippen molar-refractivity contribution in [3.05, 3.63) is 68.3 Å². The van der Waals surface area contributed by atoms with E-state index in [1.165, 1.54) is 28.4 Å². The van der Waals surface area contributed by atoms with E-state index >= 15 is 0 Å². The molecule has 0 atom stereocenters. The Kier molecular flexibility index (Phi) is 16.1. The highest BCUT2D eigenvalue weighted by Gasteiger charge is 2.28. The second-order valence-corrected chi connectivity index (χ2v) is 39.7. The molecule has 0 saturated carbocycles. The van der Waals surface area contributed by atoms with E-state index in [1.807, 2.05) is 24.3 Å². The van der Waals surface area contributed by atoms with Gasteiger partial charge in [-0.05, 0) is 46.6 Å². The van der Waals surface area contributed by atoms with E-state index in [4.69, 9.17) is 28.9 Å². The van der Waals surface area contributed by atoms with Gasteiger partial charge >= 0.3 is 23.9 Å². The van der Waals surface area contributed by atoms with Crippen LogP contribution in [-0.2, 0) is 51.0 Å². The fourth-order valence-electron chi connectivity index (χ4n) is 6.79. The topological polar surface area (TPSA) is 163 Å². The highest BCUT2D eigenvalue weighted by Crippen LogP contribution is 2.36. The molecule has 0 amide bonds. The average Bonchev–Trinajstić information content (AvgIpc) is 4.03. The summed E-state index contributed by atoms with van der Waals surface area (Å²) in [5.41, 5.74) is 21.8. The van der Waals surface area contributed by atoms with Crippen molar-refractivity contribution in [3.63, 3.8) is 0 Å². The monoisotopic (exact) mass is 982 g/mol. The third-order valence-corrected chi connectivity index (χ3v) is 13.5. The Morgan fingerprint density at radius 1 is 0.456 bits per heavy atom. The van der Waals surface area contributed by atoms with E-state index in [-0.39, 0.29) is 25.7 Å². The fraction of sp³-hybridized carbons (Fsp3) is 0.385. The summed E-state index contributed by atoms with van der Waals surface area (Å²) in [5.74, 6) is 11.9. The smallest absolute Gasteiger partial charge is 0.310 e. The second kappa shape index (κ2) is 20.8. The van der Waals surface area contributed by atoms with E-state index in [1.54, 1.807) is 0 Å². The van der Waals surface area contributed by atoms with Crippen molar-refractivity contribution in [2.24, 2.45) is 0 Å². The van der Waals surface area contributed by atoms with E-state index in [0.717, 1.165) is 0 Å². The van der Waals surface area contributed by atoms with Crippen molar-refractivity contribution in [1.82, 2.24) is 19.9 Å². The van der Waals surface area contributed by atoms with Crippen LogP contribution in [0.4, 0.5) is 0 Å². The summed E-state index contributed by atoms with van der Waals surface area (Å²) in [7, 11) is -3.02. The standard InChI is InChI=1S/C52H62N4O8Si4/c1-61-45(57)29-33-25-41-38(18-22-66(8,9)10)50-35(31-47(59)63-3)27-43(55-50)40(20-24-68(14,15)16)52-36(32-48(60)64-4)28-44(56-52)39(19-23-67(11,12)13)51-34(30-46(58)62-2)26-42(54-51)37(49(33)53-41)17-21-65(5,6)7/h25-28,53-54H,29-32H2,1-16H3. The number of H-pyrrole nitrogens is 2. The van der Waals surface area contributed by atoms with Gasteiger partial charge in [0, 0.05) is 0 Å². The van der Waals surface area contributed by atoms with Crippen LogP contribution in [0.2, 0.25) is 78.6 Å². The van der Waals surface area contributed by atoms with Crippen LogP contribution in [0, 0.1) is 45.9 Å². The zero-order valence-electron chi connectivity index (χ0n) is 42.3. The lowest BCUT2D eigenvalue weighted by Gasteiger charge is -2.06. The number of ether oxygens (including phenoxy) is 4. The lowest BCUT2D eigenvalue weighted by atomic mass is 10.0. The Bertz CT molecular complexity index is 3100. The molecule has 2 aliphatic heterocycles. The zero-order valence-corrected chi connectivity index (χ0v) is 46.3. The van der Waals surface area contributed by atoms with Crippen LogP contribution in [0.1, 0.15) is 69.0 Å². The minimum atomic E-state index is -2.10. The SMILES string of the molecule is COC(=O)CC1=Cc2nc1c(C#C[Si](C)(C)C)c1nc(c(C#C[Si](C)(C)C)c3cc(CC(=O)OC)c([nH]3)c(C#C[Si](C)(C)C)c3cc(CC(=O)OC)c([nH]3)c2C#C[Si](C)(C)C)C(CC(=O)OC)=C1. The molecule has 0 radical (unpaired) electrons. The maximum Gasteiger partial charge on any atom is 0.310 e. The molecule has 0 aliphatic carbocycles. The first kappa shape index (κ1) is 52.6. The van der Waals surface area contributed by atoms with Crippen molar-refractivity contribution in [3.8, 4) is 45.9 Å². The van der Waals surface area contributed by atoms with Gasteiger partial charge in [-0.2, -0.15) is 0 Å². The number of aromatic amines is 2. The Morgan fingerprint density at radius 3 is 1.16 bits per heavy atom. The molecule has 2 N–H and O–H groups in total. The molecule has 0 spiro atoms. The molecule has 5 rings (SSSR count). The molecule has 0 fully saturated rings. The number of nitrogens with one attached hydrogen (secondary N) is 2. The Morgan fingerprint density at radius 2 is 0.765 bits per heavy atom. The molecule has 3 aromatic heterocycles. The number of carbonyl (C=O) groups excluding carboxylic acids is 4. The first-order chi connectivity index (χ1) is 31.6. The number of aromatic nitrogens is 4. The lowest BCUT2D eigenvalue weighted by molar-refractivity contribution is -0.140. The van der Waals surface area contributed by atoms with E-state index in [0.29, 0.717) is 89.4 Å². The molecule has 12 nitrogen and oxygen atoms in total. The van der Waals surface area contributed by atoms with Gasteiger partial charge in [-0.3, -0.25) is 19.2 Å². The van der Waals surface area contributed by atoms with Crippen molar-refractivity contribution in [2.45, 2.75) is 104 Å². The molecule has 354 valence electrons. The van der Waals surface area contributed by atoms with Gasteiger partial charge in [0.2, 0.25) is 0 Å². The number of carbonyl (C=O) groups is 4. The number of hydrogen-bond donors (Lipinski definition) is 2. The molecular weight excluding hydrogens is 921 g/mol. The van der Waals surface area contributed by atoms with E-state index in [2.05, 4.69) is 134 Å². The summed E-state index contributed by atoms with van der Waals surface area (Å²) < 4.78 is 20.9. The molecule has 0 unspecified atom stereocenters. The molecule has 0 saturated heterocycles. The van der Waals surface area contributed by atoms with Crippen LogP contribution in [0.3, 0.4) is 0 Å². The first-order valence-electron chi connectivity index (χ1n) is 22.3. The molecular formula is C52H62N4O8Si4. The molecule has 68 heavy (non-hydrogen) atoms. The number of methoxy groups -OCH3 is 4. The summed E-state index contributed by atoms with van der Waals surface area (Å²) in [4.78, 5) is 71.1. The van der Waals surface area contributed by atoms with Crippen LogP contribution in [0.5, 0.6) is 0 Å². The largest absolute Gasteiger partial charge is 0.469 e. The number of rotatable bonds is 8. The Labute approximate surface area is 404 Å². The van der Waals surface area contributed by atoms with Crippen molar-refractivity contribution in [2.75, 3.05) is 28.4 Å². The minimum Gasteiger partial charge on any atom is -0.469 e. The summed E-state index contributed by atoms with van der Waals surface area (Å²) in [5, 5.41) is 0. The third kappa shape index (κ3) is 13.8. The Balaban J connectivity index is 2.33. The first-order valence-corrected chi connectivity index (χ1v) is 36.3. The van der Waals surface area contributed by atoms with E-state index < -0.39 is 56.2 Å². The highest BCUT2D eigenvalue weighted by molar-refractivity contribution is 6.85. The Hall–Kier alpha value is -6.41. The van der Waals surface area contributed by atoms with Gasteiger partial charge in [-0.1, -0.05) is 102 Å². The maximum absolute atomic E-state index is 13.3. The third-order valence-electron chi connectivity index (χ3n) is 10.0. The van der Waals surface area contributed by atoms with Crippen LogP contribution in [0.15, 0.2) is 12.1 Å². The predicted octanol–water partition coefficient (Wildman–Crippen LogP) is 8.87. The normalized spacial score (nSPS) is 12.3. The van der Waals surface area contributed by atoms with Gasteiger partial charge in [0.05, 0.1) is 121 Å². The molecule has 5 heterocycles. The zero-order chi connectivity index (χ0) is 50.5. The van der Waals surface area contributed by atoms with Crippen molar-refractivity contribution >= 4 is 102 Å². The molecule has 0 aromatic carbocycles. The quantitative estimate of drug-likeness (QED) is 0.0966. The fourth-order valence-corrected chi connectivity index (χ4v) is 8.79. The summed E-state index contributed by atoms with van der Waals surface area (Å²) in [6, 6.07) is 3.72. The second-order valence-electron chi connectivity index (χ2n) is 20.7. The molecule has 3 aromatic rings. The number of esters is 4. The summed E-state index contributed by atoms with van der Waals surface area (Å²) in [6.45, 7) is 25.5. The molecule has 2 aliphatic rings. The van der Waals surface area contributed by atoms with Gasteiger partial charge in [-0.25, -0.2) is 9.97 Å². The summed E-state index contributed by atoms with van der Waals surface area (Å²) >= 11 is 0. The molecule has 16 heteroatoms. The maximum atomic E-state index is 13.3. The number of fused-ring (bicyclic) bond motifs is 8. The van der Waals surface area contributed by atoms with Crippen molar-refractivity contribution in [1.29, 1.82) is 0 Å². The predicted molar refractivity (Wildman–Crippen MR) is 282 cm³/mol. The van der Waals surface area contributed by atoms with Crippen LogP contribution < -0.4 is 0 Å². The summed E-state index contributed by atoms with van der Waals surface area (Å²) in [6.07, 6.45) is 3.06. The lowest BCUT2D eigenvalue weighted by Crippen LogP contribution is -2.16. The van der Waals surface area contributed by atoms with Gasteiger partial charge in [0.15, 0.2) is 0 Å². The van der Waals surface area contributed by atoms with Crippen molar-refractivity contribution < 1.29 is 38.1 Å². The van der Waals surface area contributed by atoms with Crippen LogP contribution in [0.25, 0.3) is 45.4 Å². The number of nitrogens with zero attached hydrogens (tertiary/aromatic N) is 2. The van der Waals surface area contributed by atoms with Gasteiger partial charge in [0.1, 0.15) is 32.3 Å².